The molecule has 16 heavy (non-hydrogen) atoms. The van der Waals surface area contributed by atoms with Gasteiger partial charge in [-0.2, -0.15) is 0 Å². The van der Waals surface area contributed by atoms with E-state index in [0.29, 0.717) is 10.8 Å². The highest BCUT2D eigenvalue weighted by Gasteiger charge is 2.29. The van der Waals surface area contributed by atoms with Crippen LogP contribution in [-0.2, 0) is 4.79 Å². The van der Waals surface area contributed by atoms with E-state index < -0.39 is 10.7 Å². The summed E-state index contributed by atoms with van der Waals surface area (Å²) in [7, 11) is 1.54. The highest BCUT2D eigenvalue weighted by molar-refractivity contribution is 8.01. The van der Waals surface area contributed by atoms with Gasteiger partial charge in [-0.15, -0.1) is 11.8 Å². The Balaban J connectivity index is 3.04. The first kappa shape index (κ1) is 13.2. The molecule has 0 unspecified atom stereocenters. The molecular formula is C11H13ClO3S. The average molecular weight is 261 g/mol. The minimum absolute atomic E-state index is 0.560. The zero-order valence-electron chi connectivity index (χ0n) is 9.28. The molecule has 5 heteroatoms. The fraction of sp³-hybridized carbons (Fsp3) is 0.364. The van der Waals surface area contributed by atoms with Gasteiger partial charge in [0, 0.05) is 5.02 Å². The summed E-state index contributed by atoms with van der Waals surface area (Å²) < 4.78 is 4.23. The predicted molar refractivity (Wildman–Crippen MR) is 65.6 cm³/mol. The molecule has 0 aliphatic heterocycles. The van der Waals surface area contributed by atoms with Crippen LogP contribution in [0.1, 0.15) is 13.8 Å². The van der Waals surface area contributed by atoms with Crippen LogP contribution in [0.15, 0.2) is 23.1 Å². The molecule has 0 aliphatic carbocycles. The van der Waals surface area contributed by atoms with Gasteiger partial charge in [0.15, 0.2) is 0 Å². The highest BCUT2D eigenvalue weighted by atomic mass is 35.5. The number of ether oxygens (including phenoxy) is 1. The maximum Gasteiger partial charge on any atom is 0.319 e. The van der Waals surface area contributed by atoms with Crippen LogP contribution >= 0.6 is 23.4 Å². The lowest BCUT2D eigenvalue weighted by molar-refractivity contribution is -0.138. The van der Waals surface area contributed by atoms with Crippen molar-refractivity contribution in [3.63, 3.8) is 0 Å². The van der Waals surface area contributed by atoms with Gasteiger partial charge < -0.3 is 9.84 Å². The Labute approximate surface area is 104 Å². The Morgan fingerprint density at radius 3 is 2.62 bits per heavy atom. The van der Waals surface area contributed by atoms with Gasteiger partial charge in [0.05, 0.1) is 12.0 Å². The molecule has 0 aliphatic rings. The third-order valence-electron chi connectivity index (χ3n) is 2.01. The molecular weight excluding hydrogens is 248 g/mol. The van der Waals surface area contributed by atoms with Crippen molar-refractivity contribution >= 4 is 29.3 Å². The SMILES string of the molecule is COc1ccc(Cl)cc1SC(C)(C)C(=O)O. The quantitative estimate of drug-likeness (QED) is 0.844. The van der Waals surface area contributed by atoms with E-state index in [1.807, 2.05) is 0 Å². The number of carbonyl (C=O) groups is 1. The number of carboxylic acid groups (broad SMARTS) is 1. The van der Waals surface area contributed by atoms with E-state index in [-0.39, 0.29) is 0 Å². The third-order valence-corrected chi connectivity index (χ3v) is 3.46. The zero-order chi connectivity index (χ0) is 12.3. The number of benzene rings is 1. The highest BCUT2D eigenvalue weighted by Crippen LogP contribution is 2.39. The van der Waals surface area contributed by atoms with Gasteiger partial charge in [-0.3, -0.25) is 4.79 Å². The first-order chi connectivity index (χ1) is 7.36. The normalized spacial score (nSPS) is 11.2. The van der Waals surface area contributed by atoms with Gasteiger partial charge >= 0.3 is 5.97 Å². The molecule has 0 saturated carbocycles. The van der Waals surface area contributed by atoms with Crippen molar-refractivity contribution in [1.82, 2.24) is 0 Å². The van der Waals surface area contributed by atoms with Crippen LogP contribution in [0.4, 0.5) is 0 Å². The van der Waals surface area contributed by atoms with Crippen LogP contribution in [-0.4, -0.2) is 22.9 Å². The molecule has 0 aromatic heterocycles. The molecule has 0 heterocycles. The standard InChI is InChI=1S/C11H13ClO3S/c1-11(2,10(13)14)16-9-6-7(12)4-5-8(9)15-3/h4-6H,1-3H3,(H,13,14). The summed E-state index contributed by atoms with van der Waals surface area (Å²) in [6.07, 6.45) is 0. The molecule has 0 bridgehead atoms. The lowest BCUT2D eigenvalue weighted by Gasteiger charge is -2.19. The number of hydrogen-bond acceptors (Lipinski definition) is 3. The number of methoxy groups -OCH3 is 1. The van der Waals surface area contributed by atoms with E-state index in [4.69, 9.17) is 21.4 Å². The van der Waals surface area contributed by atoms with Crippen molar-refractivity contribution in [2.24, 2.45) is 0 Å². The van der Waals surface area contributed by atoms with Crippen LogP contribution in [0.3, 0.4) is 0 Å². The van der Waals surface area contributed by atoms with Crippen LogP contribution in [0.25, 0.3) is 0 Å². The van der Waals surface area contributed by atoms with E-state index in [1.165, 1.54) is 11.8 Å². The van der Waals surface area contributed by atoms with Gasteiger partial charge in [-0.05, 0) is 32.0 Å². The molecule has 3 nitrogen and oxygen atoms in total. The van der Waals surface area contributed by atoms with Crippen molar-refractivity contribution in [3.05, 3.63) is 23.2 Å². The molecule has 0 amide bonds. The van der Waals surface area contributed by atoms with E-state index in [1.54, 1.807) is 39.2 Å². The maximum absolute atomic E-state index is 11.0. The Morgan fingerprint density at radius 1 is 1.50 bits per heavy atom. The van der Waals surface area contributed by atoms with Crippen molar-refractivity contribution in [1.29, 1.82) is 0 Å². The summed E-state index contributed by atoms with van der Waals surface area (Å²) in [5.41, 5.74) is 0. The van der Waals surface area contributed by atoms with Crippen LogP contribution in [0, 0.1) is 0 Å². The maximum atomic E-state index is 11.0. The van der Waals surface area contributed by atoms with E-state index >= 15 is 0 Å². The summed E-state index contributed by atoms with van der Waals surface area (Å²) in [6, 6.07) is 5.14. The van der Waals surface area contributed by atoms with E-state index in [9.17, 15) is 4.79 Å². The van der Waals surface area contributed by atoms with Gasteiger partial charge in [-0.25, -0.2) is 0 Å². The summed E-state index contributed by atoms with van der Waals surface area (Å²) >= 11 is 7.08. The lowest BCUT2D eigenvalue weighted by atomic mass is 10.2. The number of aliphatic carboxylic acids is 1. The first-order valence-electron chi connectivity index (χ1n) is 4.63. The largest absolute Gasteiger partial charge is 0.496 e. The fourth-order valence-corrected chi connectivity index (χ4v) is 2.36. The number of thioether (sulfide) groups is 1. The molecule has 0 spiro atoms. The van der Waals surface area contributed by atoms with Gasteiger partial charge in [0.1, 0.15) is 10.5 Å². The molecule has 0 radical (unpaired) electrons. The summed E-state index contributed by atoms with van der Waals surface area (Å²) in [4.78, 5) is 11.7. The Hall–Kier alpha value is -0.870. The van der Waals surface area contributed by atoms with Gasteiger partial charge in [0.25, 0.3) is 0 Å². The number of hydrogen-bond donors (Lipinski definition) is 1. The van der Waals surface area contributed by atoms with Gasteiger partial charge in [0.2, 0.25) is 0 Å². The topological polar surface area (TPSA) is 46.5 Å². The second-order valence-corrected chi connectivity index (χ2v) is 5.81. The van der Waals surface area contributed by atoms with Crippen molar-refractivity contribution in [2.45, 2.75) is 23.5 Å². The molecule has 1 aromatic rings. The summed E-state index contributed by atoms with van der Waals surface area (Å²) in [5, 5.41) is 9.60. The number of carboxylic acids is 1. The molecule has 1 N–H and O–H groups in total. The van der Waals surface area contributed by atoms with Crippen LogP contribution in [0.2, 0.25) is 5.02 Å². The van der Waals surface area contributed by atoms with Crippen molar-refractivity contribution < 1.29 is 14.6 Å². The lowest BCUT2D eigenvalue weighted by Crippen LogP contribution is -2.26. The van der Waals surface area contributed by atoms with E-state index in [0.717, 1.165) is 4.90 Å². The molecule has 88 valence electrons. The zero-order valence-corrected chi connectivity index (χ0v) is 10.9. The number of halogens is 1. The Kier molecular flexibility index (Phi) is 4.10. The molecule has 0 atom stereocenters. The van der Waals surface area contributed by atoms with Gasteiger partial charge in [-0.1, -0.05) is 11.6 Å². The number of rotatable bonds is 4. The van der Waals surface area contributed by atoms with Crippen molar-refractivity contribution in [2.75, 3.05) is 7.11 Å². The summed E-state index contributed by atoms with van der Waals surface area (Å²) in [6.45, 7) is 3.28. The first-order valence-corrected chi connectivity index (χ1v) is 5.82. The second kappa shape index (κ2) is 4.97. The Morgan fingerprint density at radius 2 is 2.12 bits per heavy atom. The van der Waals surface area contributed by atoms with Crippen LogP contribution in [0.5, 0.6) is 5.75 Å². The summed E-state index contributed by atoms with van der Waals surface area (Å²) in [5.74, 6) is -0.247. The average Bonchev–Trinajstić information content (AvgIpc) is 2.17. The third kappa shape index (κ3) is 3.06. The minimum Gasteiger partial charge on any atom is -0.496 e. The fourth-order valence-electron chi connectivity index (χ4n) is 1.05. The smallest absolute Gasteiger partial charge is 0.319 e. The molecule has 1 aromatic carbocycles. The molecule has 1 rings (SSSR count). The van der Waals surface area contributed by atoms with E-state index in [2.05, 4.69) is 0 Å². The molecule has 0 fully saturated rings. The minimum atomic E-state index is -0.919. The Bertz CT molecular complexity index is 404. The van der Waals surface area contributed by atoms with Crippen LogP contribution < -0.4 is 4.74 Å². The monoisotopic (exact) mass is 260 g/mol. The van der Waals surface area contributed by atoms with Crippen molar-refractivity contribution in [3.8, 4) is 5.75 Å². The molecule has 0 saturated heterocycles. The second-order valence-electron chi connectivity index (χ2n) is 3.71. The predicted octanol–water partition coefficient (Wildman–Crippen LogP) is 3.30.